The van der Waals surface area contributed by atoms with E-state index >= 15 is 0 Å². The van der Waals surface area contributed by atoms with Crippen LogP contribution in [0.1, 0.15) is 69.0 Å². The first kappa shape index (κ1) is 30.9. The number of likely N-dealkylation sites (tertiary alicyclic amines) is 2. The van der Waals surface area contributed by atoms with Crippen molar-refractivity contribution in [3.05, 3.63) is 45.8 Å². The third kappa shape index (κ3) is 5.76. The van der Waals surface area contributed by atoms with Crippen LogP contribution in [0.3, 0.4) is 0 Å². The summed E-state index contributed by atoms with van der Waals surface area (Å²) in [5.74, 6) is 2.05. The molecule has 7 nitrogen and oxygen atoms in total. The smallest absolute Gasteiger partial charge is 0.410 e. The molecule has 5 unspecified atom stereocenters. The Morgan fingerprint density at radius 3 is 2.20 bits per heavy atom. The van der Waals surface area contributed by atoms with Crippen LogP contribution in [0.25, 0.3) is 21.5 Å². The number of H-pyrrole nitrogens is 1. The predicted molar refractivity (Wildman–Crippen MR) is 182 cm³/mol. The lowest BCUT2D eigenvalue weighted by Gasteiger charge is -2.27. The third-order valence-electron chi connectivity index (χ3n) is 11.0. The molecule has 2 aromatic heterocycles. The van der Waals surface area contributed by atoms with Gasteiger partial charge in [-0.1, -0.05) is 17.2 Å². The van der Waals surface area contributed by atoms with Crippen LogP contribution in [0, 0.1) is 37.5 Å². The van der Waals surface area contributed by atoms with E-state index in [1.165, 1.54) is 49.5 Å². The van der Waals surface area contributed by atoms with Crippen molar-refractivity contribution in [3.63, 3.8) is 0 Å². The number of hydrogen-bond acceptors (Lipinski definition) is 6. The zero-order valence-electron chi connectivity index (χ0n) is 28.1. The zero-order valence-corrected chi connectivity index (χ0v) is 28.9. The highest BCUT2D eigenvalue weighted by molar-refractivity contribution is 7.19. The average molecular weight is 631 g/mol. The van der Waals surface area contributed by atoms with E-state index in [0.717, 1.165) is 52.1 Å². The zero-order chi connectivity index (χ0) is 31.8. The van der Waals surface area contributed by atoms with E-state index in [9.17, 15) is 9.59 Å². The van der Waals surface area contributed by atoms with Gasteiger partial charge in [0.2, 0.25) is 0 Å². The van der Waals surface area contributed by atoms with Gasteiger partial charge in [-0.25, -0.2) is 4.79 Å². The van der Waals surface area contributed by atoms with Crippen molar-refractivity contribution >= 4 is 33.4 Å². The lowest BCUT2D eigenvalue weighted by molar-refractivity contribution is -0.128. The highest BCUT2D eigenvalue weighted by Gasteiger charge is 2.50. The molecular formula is C37H50N4O3S. The van der Waals surface area contributed by atoms with Crippen molar-refractivity contribution in [2.45, 2.75) is 84.8 Å². The normalized spacial score (nSPS) is 26.7. The Morgan fingerprint density at radius 1 is 0.933 bits per heavy atom. The van der Waals surface area contributed by atoms with Crippen molar-refractivity contribution in [2.24, 2.45) is 23.7 Å². The topological polar surface area (TPSA) is 77.7 Å². The number of nitrogens with one attached hydrogen (secondary N) is 2. The monoisotopic (exact) mass is 630 g/mol. The Balaban J connectivity index is 1.12. The van der Waals surface area contributed by atoms with E-state index in [1.807, 2.05) is 25.7 Å². The summed E-state index contributed by atoms with van der Waals surface area (Å²) in [4.78, 5) is 37.4. The van der Waals surface area contributed by atoms with Gasteiger partial charge in [0.1, 0.15) is 16.2 Å². The number of piperidine rings is 1. The van der Waals surface area contributed by atoms with Gasteiger partial charge in [0.05, 0.1) is 11.1 Å². The minimum atomic E-state index is -0.508. The van der Waals surface area contributed by atoms with E-state index in [2.05, 4.69) is 67.2 Å². The molecule has 4 fully saturated rings. The fourth-order valence-corrected chi connectivity index (χ4v) is 9.96. The molecule has 3 saturated heterocycles. The van der Waals surface area contributed by atoms with Gasteiger partial charge in [-0.2, -0.15) is 0 Å². The molecule has 2 bridgehead atoms. The van der Waals surface area contributed by atoms with E-state index in [0.29, 0.717) is 29.6 Å². The number of ether oxygens (including phenoxy) is 1. The maximum atomic E-state index is 14.0. The maximum absolute atomic E-state index is 14.0. The summed E-state index contributed by atoms with van der Waals surface area (Å²) in [5, 5.41) is 4.87. The number of carbonyl (C=O) groups is 2. The Kier molecular flexibility index (Phi) is 7.73. The molecule has 2 N–H and O–H groups in total. The summed E-state index contributed by atoms with van der Waals surface area (Å²) in [6.45, 7) is 20.0. The number of amides is 1. The number of carbonyl (C=O) groups excluding carboxylic acids is 2. The minimum absolute atomic E-state index is 0.145. The number of rotatable bonds is 7. The minimum Gasteiger partial charge on any atom is -0.444 e. The lowest BCUT2D eigenvalue weighted by atomic mass is 9.76. The molecule has 8 heteroatoms. The van der Waals surface area contributed by atoms with Crippen molar-refractivity contribution in [1.82, 2.24) is 20.1 Å². The number of Topliss-reactive ketones (excluding diaryl/α,β-unsaturated/α-hetero) is 1. The van der Waals surface area contributed by atoms with E-state index < -0.39 is 11.0 Å². The Hall–Kier alpha value is -2.68. The third-order valence-corrected chi connectivity index (χ3v) is 12.3. The van der Waals surface area contributed by atoms with Crippen LogP contribution in [-0.2, 0) is 21.4 Å². The highest BCUT2D eigenvalue weighted by atomic mass is 32.1. The first-order valence-electron chi connectivity index (χ1n) is 17.0. The van der Waals surface area contributed by atoms with Crippen LogP contribution < -0.4 is 5.32 Å². The number of aromatic amines is 1. The summed E-state index contributed by atoms with van der Waals surface area (Å²) < 4.78 is 5.65. The van der Waals surface area contributed by atoms with Crippen LogP contribution in [0.15, 0.2) is 24.3 Å². The van der Waals surface area contributed by atoms with Gasteiger partial charge >= 0.3 is 6.09 Å². The fourth-order valence-electron chi connectivity index (χ4n) is 8.76. The Labute approximate surface area is 272 Å². The number of benzene rings is 1. The molecule has 3 aliphatic heterocycles. The first-order chi connectivity index (χ1) is 21.3. The predicted octanol–water partition coefficient (Wildman–Crippen LogP) is 6.70. The molecule has 0 radical (unpaired) electrons. The summed E-state index contributed by atoms with van der Waals surface area (Å²) in [6.07, 6.45) is 3.07. The standard InChI is InChI=1S/C37H50N4O3S/c1-21-12-22(2)14-24(13-21)32-27(10-11-40-17-25-19-41(20-26(25)18-40)35(43)44-36(3,4)5)28-15-30(45-34(28)39-32)37(6,7)33(42)31-23-8-9-29(31)38-16-23/h12-15,23,25-26,29,31,38-39H,8-11,16-20H2,1-7H3. The van der Waals surface area contributed by atoms with E-state index in [-0.39, 0.29) is 12.0 Å². The highest BCUT2D eigenvalue weighted by Crippen LogP contribution is 2.46. The van der Waals surface area contributed by atoms with Crippen LogP contribution in [0.2, 0.25) is 0 Å². The fraction of sp³-hybridized carbons (Fsp3) is 0.622. The van der Waals surface area contributed by atoms with Gasteiger partial charge in [0, 0.05) is 54.9 Å². The summed E-state index contributed by atoms with van der Waals surface area (Å²) in [5.41, 5.74) is 5.37. The largest absolute Gasteiger partial charge is 0.444 e. The van der Waals surface area contributed by atoms with Gasteiger partial charge in [-0.15, -0.1) is 11.3 Å². The number of hydrogen-bond donors (Lipinski definition) is 2. The molecule has 4 aliphatic rings. The average Bonchev–Trinajstić information content (AvgIpc) is 3.78. The molecule has 45 heavy (non-hydrogen) atoms. The van der Waals surface area contributed by atoms with Crippen LogP contribution in [0.5, 0.6) is 0 Å². The number of fused-ring (bicyclic) bond motifs is 4. The first-order valence-corrected chi connectivity index (χ1v) is 17.8. The molecule has 242 valence electrons. The second-order valence-electron chi connectivity index (χ2n) is 16.0. The van der Waals surface area contributed by atoms with Gasteiger partial charge < -0.3 is 24.8 Å². The number of thiophene rings is 1. The van der Waals surface area contributed by atoms with Crippen LogP contribution >= 0.6 is 11.3 Å². The molecule has 1 saturated carbocycles. The van der Waals surface area contributed by atoms with Crippen molar-refractivity contribution in [3.8, 4) is 11.3 Å². The number of nitrogens with zero attached hydrogens (tertiary/aromatic N) is 2. The summed E-state index contributed by atoms with van der Waals surface area (Å²) in [7, 11) is 0. The number of aromatic nitrogens is 1. The van der Waals surface area contributed by atoms with E-state index in [1.54, 1.807) is 11.3 Å². The van der Waals surface area contributed by atoms with Crippen LogP contribution in [0.4, 0.5) is 4.79 Å². The summed E-state index contributed by atoms with van der Waals surface area (Å²) in [6, 6.07) is 9.49. The molecule has 1 aromatic carbocycles. The second kappa shape index (κ2) is 11.2. The molecule has 7 rings (SSSR count). The number of ketones is 1. The molecule has 1 aliphatic carbocycles. The van der Waals surface area contributed by atoms with Gasteiger partial charge in [-0.3, -0.25) is 4.79 Å². The SMILES string of the molecule is Cc1cc(C)cc(-c2[nH]c3sc(C(C)(C)C(=O)C4C5CCC4NC5)cc3c2CCN2CC3CN(C(=O)OC(C)(C)C)CC3C2)c1. The van der Waals surface area contributed by atoms with E-state index in [4.69, 9.17) is 4.74 Å². The van der Waals surface area contributed by atoms with Crippen LogP contribution in [-0.4, -0.2) is 77.6 Å². The quantitative estimate of drug-likeness (QED) is 0.304. The molecule has 3 aromatic rings. The van der Waals surface area contributed by atoms with Gasteiger partial charge in [-0.05, 0) is 121 Å². The second-order valence-corrected chi connectivity index (χ2v) is 17.0. The Morgan fingerprint density at radius 2 is 1.62 bits per heavy atom. The molecule has 5 atom stereocenters. The lowest BCUT2D eigenvalue weighted by Crippen LogP contribution is -2.39. The van der Waals surface area contributed by atoms with Gasteiger partial charge in [0.25, 0.3) is 0 Å². The molecule has 0 spiro atoms. The molecular weight excluding hydrogens is 580 g/mol. The van der Waals surface area contributed by atoms with Gasteiger partial charge in [0.15, 0.2) is 0 Å². The summed E-state index contributed by atoms with van der Waals surface area (Å²) >= 11 is 1.77. The maximum Gasteiger partial charge on any atom is 0.410 e. The molecule has 5 heterocycles. The number of aryl methyl sites for hydroxylation is 2. The van der Waals surface area contributed by atoms with Crippen molar-refractivity contribution in [2.75, 3.05) is 39.3 Å². The Bertz CT molecular complexity index is 1580. The van der Waals surface area contributed by atoms with Crippen molar-refractivity contribution in [1.29, 1.82) is 0 Å². The van der Waals surface area contributed by atoms with Crippen molar-refractivity contribution < 1.29 is 14.3 Å². The molecule has 1 amide bonds.